The molecule has 34 heavy (non-hydrogen) atoms. The highest BCUT2D eigenvalue weighted by atomic mass is 79.9. The number of Topliss-reactive ketones (excluding diaryl/α,β-unsaturated/α-hetero) is 1. The number of non-ortho nitro benzene ring substituents is 1. The Kier molecular flexibility index (Phi) is 6.83. The number of hydrogen-bond donors (Lipinski definition) is 1. The lowest BCUT2D eigenvalue weighted by Gasteiger charge is -2.22. The number of amides is 1. The molecule has 3 aromatic rings. The summed E-state index contributed by atoms with van der Waals surface area (Å²) >= 11 is 3.42. The summed E-state index contributed by atoms with van der Waals surface area (Å²) < 4.78 is 0.940. The van der Waals surface area contributed by atoms with Crippen LogP contribution in [0.2, 0.25) is 0 Å². The highest BCUT2D eigenvalue weighted by Crippen LogP contribution is 2.34. The van der Waals surface area contributed by atoms with Crippen LogP contribution in [0.4, 0.5) is 11.4 Å². The number of carbonyl (C=O) groups is 2. The largest absolute Gasteiger partial charge is 0.376 e. The van der Waals surface area contributed by atoms with Crippen LogP contribution >= 0.6 is 15.9 Å². The van der Waals surface area contributed by atoms with Gasteiger partial charge >= 0.3 is 0 Å². The van der Waals surface area contributed by atoms with Gasteiger partial charge in [0.2, 0.25) is 0 Å². The fourth-order valence-corrected chi connectivity index (χ4v) is 3.98. The number of ketones is 1. The van der Waals surface area contributed by atoms with E-state index >= 15 is 0 Å². The molecule has 172 valence electrons. The van der Waals surface area contributed by atoms with Gasteiger partial charge in [0.15, 0.2) is 5.78 Å². The third kappa shape index (κ3) is 5.20. The summed E-state index contributed by atoms with van der Waals surface area (Å²) in [5, 5.41) is 20.2. The Morgan fingerprint density at radius 1 is 1.06 bits per heavy atom. The van der Waals surface area contributed by atoms with E-state index in [9.17, 15) is 19.7 Å². The van der Waals surface area contributed by atoms with Crippen molar-refractivity contribution in [1.82, 2.24) is 5.01 Å². The molecule has 0 saturated heterocycles. The molecule has 1 aliphatic heterocycles. The average Bonchev–Trinajstić information content (AvgIpc) is 3.29. The van der Waals surface area contributed by atoms with E-state index in [2.05, 4.69) is 26.3 Å². The monoisotopic (exact) mass is 520 g/mol. The molecule has 3 aromatic carbocycles. The van der Waals surface area contributed by atoms with Gasteiger partial charge in [0.05, 0.1) is 23.2 Å². The molecular formula is C25H21BrN4O4. The normalized spacial score (nSPS) is 15.1. The first-order valence-corrected chi connectivity index (χ1v) is 11.4. The van der Waals surface area contributed by atoms with Gasteiger partial charge in [-0.3, -0.25) is 19.7 Å². The van der Waals surface area contributed by atoms with E-state index in [4.69, 9.17) is 0 Å². The maximum Gasteiger partial charge on any atom is 0.269 e. The van der Waals surface area contributed by atoms with Gasteiger partial charge in [0.1, 0.15) is 0 Å². The minimum atomic E-state index is -0.452. The van der Waals surface area contributed by atoms with Gasteiger partial charge in [-0.15, -0.1) is 0 Å². The SMILES string of the molecule is CC(=O)c1ccc(NCC(=O)N2N=C(c3ccc(Br)cc3)CC2c2ccc([N+](=O)[O-])cc2)cc1. The summed E-state index contributed by atoms with van der Waals surface area (Å²) in [4.78, 5) is 35.2. The van der Waals surface area contributed by atoms with Crippen molar-refractivity contribution in [3.63, 3.8) is 0 Å². The molecule has 1 unspecified atom stereocenters. The minimum Gasteiger partial charge on any atom is -0.376 e. The first kappa shape index (κ1) is 23.3. The number of anilines is 1. The summed E-state index contributed by atoms with van der Waals surface area (Å²) in [5.41, 5.74) is 3.72. The molecule has 0 fully saturated rings. The third-order valence-electron chi connectivity index (χ3n) is 5.57. The second kappa shape index (κ2) is 9.96. The molecule has 4 rings (SSSR count). The summed E-state index contributed by atoms with van der Waals surface area (Å²) in [6.07, 6.45) is 0.485. The van der Waals surface area contributed by atoms with Gasteiger partial charge < -0.3 is 5.32 Å². The predicted octanol–water partition coefficient (Wildman–Crippen LogP) is 5.35. The molecule has 1 aliphatic rings. The van der Waals surface area contributed by atoms with E-state index in [0.717, 1.165) is 21.3 Å². The summed E-state index contributed by atoms with van der Waals surface area (Å²) in [5.74, 6) is -0.272. The molecule has 8 nitrogen and oxygen atoms in total. The molecule has 1 heterocycles. The van der Waals surface area contributed by atoms with Crippen LogP contribution in [-0.2, 0) is 4.79 Å². The van der Waals surface area contributed by atoms with Crippen molar-refractivity contribution in [2.45, 2.75) is 19.4 Å². The van der Waals surface area contributed by atoms with Crippen molar-refractivity contribution >= 4 is 44.7 Å². The summed E-state index contributed by atoms with van der Waals surface area (Å²) in [7, 11) is 0. The van der Waals surface area contributed by atoms with Crippen LogP contribution in [0.1, 0.15) is 40.9 Å². The molecule has 0 aromatic heterocycles. The van der Waals surface area contributed by atoms with Gasteiger partial charge in [0.25, 0.3) is 11.6 Å². The van der Waals surface area contributed by atoms with Gasteiger partial charge in [-0.05, 0) is 54.4 Å². The number of nitrogens with one attached hydrogen (secondary N) is 1. The quantitative estimate of drug-likeness (QED) is 0.257. The second-order valence-electron chi connectivity index (χ2n) is 7.85. The van der Waals surface area contributed by atoms with Gasteiger partial charge in [-0.2, -0.15) is 5.10 Å². The van der Waals surface area contributed by atoms with Crippen LogP contribution < -0.4 is 5.32 Å². The number of nitrogens with zero attached hydrogens (tertiary/aromatic N) is 3. The van der Waals surface area contributed by atoms with E-state index in [-0.39, 0.29) is 30.0 Å². The van der Waals surface area contributed by atoms with Crippen molar-refractivity contribution < 1.29 is 14.5 Å². The molecule has 0 bridgehead atoms. The van der Waals surface area contributed by atoms with Crippen LogP contribution in [0.3, 0.4) is 0 Å². The van der Waals surface area contributed by atoms with Crippen LogP contribution in [0.5, 0.6) is 0 Å². The Labute approximate surface area is 204 Å². The topological polar surface area (TPSA) is 105 Å². The van der Waals surface area contributed by atoms with Gasteiger partial charge in [-0.1, -0.05) is 40.2 Å². The van der Waals surface area contributed by atoms with Crippen molar-refractivity contribution in [3.05, 3.63) is 104 Å². The van der Waals surface area contributed by atoms with Crippen LogP contribution in [0, 0.1) is 10.1 Å². The molecule has 0 saturated carbocycles. The zero-order chi connectivity index (χ0) is 24.2. The Hall–Kier alpha value is -3.85. The molecule has 0 spiro atoms. The number of nitro benzene ring substituents is 1. The lowest BCUT2D eigenvalue weighted by molar-refractivity contribution is -0.384. The molecule has 0 radical (unpaired) electrons. The Morgan fingerprint density at radius 3 is 2.29 bits per heavy atom. The third-order valence-corrected chi connectivity index (χ3v) is 6.10. The lowest BCUT2D eigenvalue weighted by Crippen LogP contribution is -2.32. The minimum absolute atomic E-state index is 0.0000171. The van der Waals surface area contributed by atoms with Crippen LogP contribution in [-0.4, -0.2) is 33.9 Å². The van der Waals surface area contributed by atoms with Crippen LogP contribution in [0.25, 0.3) is 0 Å². The Balaban J connectivity index is 1.56. The lowest BCUT2D eigenvalue weighted by atomic mass is 9.98. The number of nitro groups is 1. The van der Waals surface area contributed by atoms with E-state index in [1.807, 2.05) is 24.3 Å². The first-order valence-electron chi connectivity index (χ1n) is 10.6. The Morgan fingerprint density at radius 2 is 1.71 bits per heavy atom. The number of hydrogen-bond acceptors (Lipinski definition) is 6. The van der Waals surface area contributed by atoms with Crippen molar-refractivity contribution in [1.29, 1.82) is 0 Å². The summed E-state index contributed by atoms with van der Waals surface area (Å²) in [6.45, 7) is 1.50. The molecular weight excluding hydrogens is 500 g/mol. The number of carbonyl (C=O) groups excluding carboxylic acids is 2. The van der Waals surface area contributed by atoms with E-state index in [1.54, 1.807) is 36.4 Å². The maximum absolute atomic E-state index is 13.2. The van der Waals surface area contributed by atoms with E-state index < -0.39 is 4.92 Å². The zero-order valence-corrected chi connectivity index (χ0v) is 19.9. The first-order chi connectivity index (χ1) is 16.3. The molecule has 1 N–H and O–H groups in total. The highest BCUT2D eigenvalue weighted by Gasteiger charge is 2.33. The van der Waals surface area contributed by atoms with Gasteiger partial charge in [-0.25, -0.2) is 5.01 Å². The fourth-order valence-electron chi connectivity index (χ4n) is 3.72. The molecule has 9 heteroatoms. The molecule has 1 amide bonds. The molecule has 1 atom stereocenters. The molecule has 0 aliphatic carbocycles. The average molecular weight is 521 g/mol. The van der Waals surface area contributed by atoms with Crippen molar-refractivity contribution in [3.8, 4) is 0 Å². The van der Waals surface area contributed by atoms with Crippen molar-refractivity contribution in [2.75, 3.05) is 11.9 Å². The smallest absolute Gasteiger partial charge is 0.269 e. The number of rotatable bonds is 7. The standard InChI is InChI=1S/C25H21BrN4O4/c1-16(31)17-4-10-21(11-5-17)27-15-25(32)29-24(19-6-12-22(13-7-19)30(33)34)14-23(28-29)18-2-8-20(26)9-3-18/h2-13,24,27H,14-15H2,1H3. The number of benzene rings is 3. The van der Waals surface area contributed by atoms with Gasteiger partial charge in [0, 0.05) is 34.3 Å². The van der Waals surface area contributed by atoms with E-state index in [1.165, 1.54) is 24.1 Å². The zero-order valence-electron chi connectivity index (χ0n) is 18.3. The van der Waals surface area contributed by atoms with E-state index in [0.29, 0.717) is 17.7 Å². The predicted molar refractivity (Wildman–Crippen MR) is 133 cm³/mol. The fraction of sp³-hybridized carbons (Fsp3) is 0.160. The number of hydrazone groups is 1. The Bertz CT molecular complexity index is 1260. The number of halogens is 1. The second-order valence-corrected chi connectivity index (χ2v) is 8.76. The van der Waals surface area contributed by atoms with Crippen LogP contribution in [0.15, 0.2) is 82.4 Å². The highest BCUT2D eigenvalue weighted by molar-refractivity contribution is 9.10. The summed E-state index contributed by atoms with van der Waals surface area (Å²) in [6, 6.07) is 20.4. The maximum atomic E-state index is 13.2. The van der Waals surface area contributed by atoms with Crippen molar-refractivity contribution in [2.24, 2.45) is 5.10 Å².